The van der Waals surface area contributed by atoms with E-state index in [1.165, 1.54) is 4.90 Å². The largest absolute Gasteiger partial charge is 0.493 e. The summed E-state index contributed by atoms with van der Waals surface area (Å²) < 4.78 is 16.0. The molecule has 142 valence electrons. The first-order valence-corrected chi connectivity index (χ1v) is 8.60. The van der Waals surface area contributed by atoms with E-state index in [0.29, 0.717) is 23.6 Å². The van der Waals surface area contributed by atoms with Gasteiger partial charge in [0.05, 0.1) is 20.8 Å². The molecule has 0 radical (unpaired) electrons. The number of carbonyl (C=O) groups is 1. The molecule has 0 saturated carbocycles. The van der Waals surface area contributed by atoms with E-state index in [-0.39, 0.29) is 0 Å². The third-order valence-electron chi connectivity index (χ3n) is 3.52. The number of hydrogen-bond acceptors (Lipinski definition) is 4. The minimum Gasteiger partial charge on any atom is -0.493 e. The van der Waals surface area contributed by atoms with Crippen molar-refractivity contribution in [1.29, 1.82) is 0 Å². The van der Waals surface area contributed by atoms with Crippen LogP contribution in [-0.4, -0.2) is 30.8 Å². The van der Waals surface area contributed by atoms with Gasteiger partial charge >= 0.3 is 6.09 Å². The molecule has 0 atom stereocenters. The Bertz CT molecular complexity index is 829. The fourth-order valence-corrected chi connectivity index (χ4v) is 2.28. The van der Waals surface area contributed by atoms with Crippen LogP contribution in [0, 0.1) is 12.0 Å². The highest BCUT2D eigenvalue weighted by atomic mass is 16.6. The summed E-state index contributed by atoms with van der Waals surface area (Å²) in [5.41, 5.74) is 1.07. The smallest absolute Gasteiger partial charge is 0.422 e. The van der Waals surface area contributed by atoms with Crippen molar-refractivity contribution in [1.82, 2.24) is 4.90 Å². The summed E-state index contributed by atoms with van der Waals surface area (Å²) in [4.78, 5) is 13.9. The lowest BCUT2D eigenvalue weighted by atomic mass is 10.2. The Morgan fingerprint density at radius 2 is 1.67 bits per heavy atom. The lowest BCUT2D eigenvalue weighted by Gasteiger charge is -2.23. The van der Waals surface area contributed by atoms with Gasteiger partial charge in [-0.15, -0.1) is 0 Å². The maximum atomic E-state index is 12.6. The lowest BCUT2D eigenvalue weighted by molar-refractivity contribution is 0.0341. The summed E-state index contributed by atoms with van der Waals surface area (Å²) in [6.07, 6.45) is -0.487. The quantitative estimate of drug-likeness (QED) is 0.592. The molecule has 0 fully saturated rings. The Morgan fingerprint density at radius 3 is 2.26 bits per heavy atom. The maximum absolute atomic E-state index is 12.6. The Balaban J connectivity index is 2.29. The normalized spacial score (nSPS) is 10.4. The number of ether oxygens (including phenoxy) is 3. The predicted octanol–water partition coefficient (Wildman–Crippen LogP) is 4.45. The molecule has 1 amide bonds. The molecule has 2 aromatic carbocycles. The van der Waals surface area contributed by atoms with E-state index in [9.17, 15) is 4.79 Å². The van der Waals surface area contributed by atoms with Crippen molar-refractivity contribution in [3.8, 4) is 23.5 Å². The molecule has 0 spiro atoms. The van der Waals surface area contributed by atoms with Gasteiger partial charge in [-0.3, -0.25) is 0 Å². The Labute approximate surface area is 160 Å². The van der Waals surface area contributed by atoms with E-state index in [1.807, 2.05) is 57.2 Å². The minimum atomic E-state index is -0.600. The van der Waals surface area contributed by atoms with Gasteiger partial charge in [-0.05, 0) is 50.5 Å². The molecule has 2 rings (SSSR count). The topological polar surface area (TPSA) is 48.0 Å². The average Bonchev–Trinajstić information content (AvgIpc) is 2.64. The van der Waals surface area contributed by atoms with E-state index >= 15 is 0 Å². The third kappa shape index (κ3) is 6.27. The van der Waals surface area contributed by atoms with Crippen LogP contribution in [0.3, 0.4) is 0 Å². The van der Waals surface area contributed by atoms with E-state index in [4.69, 9.17) is 14.2 Å². The SMILES string of the molecule is COc1ccc(C#CN(Cc2ccccc2)C(=O)OC(C)(C)C)cc1OC. The Morgan fingerprint density at radius 1 is 1.00 bits per heavy atom. The van der Waals surface area contributed by atoms with Crippen molar-refractivity contribution < 1.29 is 19.0 Å². The van der Waals surface area contributed by atoms with Gasteiger partial charge in [0, 0.05) is 11.6 Å². The summed E-state index contributed by atoms with van der Waals surface area (Å²) in [5.74, 6) is 4.20. The van der Waals surface area contributed by atoms with Crippen molar-refractivity contribution in [3.63, 3.8) is 0 Å². The summed E-state index contributed by atoms with van der Waals surface area (Å²) in [5, 5.41) is 0. The summed E-state index contributed by atoms with van der Waals surface area (Å²) >= 11 is 0. The van der Waals surface area contributed by atoms with E-state index in [0.717, 1.165) is 5.56 Å². The number of hydrogen-bond donors (Lipinski definition) is 0. The first-order chi connectivity index (χ1) is 12.8. The summed E-state index contributed by atoms with van der Waals surface area (Å²) in [6, 6.07) is 17.9. The molecule has 0 unspecified atom stereocenters. The van der Waals surface area contributed by atoms with Gasteiger partial charge in [0.2, 0.25) is 0 Å². The second-order valence-electron chi connectivity index (χ2n) is 6.86. The number of carbonyl (C=O) groups excluding carboxylic acids is 1. The highest BCUT2D eigenvalue weighted by Crippen LogP contribution is 2.27. The molecule has 0 N–H and O–H groups in total. The molecule has 0 aliphatic carbocycles. The first kappa shape index (κ1) is 20.2. The molecular weight excluding hydrogens is 342 g/mol. The number of rotatable bonds is 4. The highest BCUT2D eigenvalue weighted by Gasteiger charge is 2.21. The lowest BCUT2D eigenvalue weighted by Crippen LogP contribution is -2.33. The number of methoxy groups -OCH3 is 2. The van der Waals surface area contributed by atoms with Crippen LogP contribution in [-0.2, 0) is 11.3 Å². The second kappa shape index (κ2) is 9.00. The zero-order chi connectivity index (χ0) is 19.9. The van der Waals surface area contributed by atoms with Crippen LogP contribution in [0.25, 0.3) is 0 Å². The summed E-state index contributed by atoms with van der Waals surface area (Å²) in [7, 11) is 3.14. The van der Waals surface area contributed by atoms with Gasteiger partial charge in [-0.2, -0.15) is 0 Å². The van der Waals surface area contributed by atoms with Crippen molar-refractivity contribution >= 4 is 6.09 Å². The fourth-order valence-electron chi connectivity index (χ4n) is 2.28. The molecule has 0 bridgehead atoms. The van der Waals surface area contributed by atoms with Crippen LogP contribution in [0.15, 0.2) is 48.5 Å². The highest BCUT2D eigenvalue weighted by molar-refractivity contribution is 5.70. The molecule has 27 heavy (non-hydrogen) atoms. The molecule has 2 aromatic rings. The summed E-state index contributed by atoms with van der Waals surface area (Å²) in [6.45, 7) is 5.81. The molecule has 5 nitrogen and oxygen atoms in total. The van der Waals surface area contributed by atoms with E-state index in [1.54, 1.807) is 26.4 Å². The first-order valence-electron chi connectivity index (χ1n) is 8.60. The Kier molecular flexibility index (Phi) is 6.73. The monoisotopic (exact) mass is 367 g/mol. The van der Waals surface area contributed by atoms with Crippen molar-refractivity contribution in [2.24, 2.45) is 0 Å². The molecule has 5 heteroatoms. The predicted molar refractivity (Wildman–Crippen MR) is 105 cm³/mol. The number of nitrogens with zero attached hydrogens (tertiary/aromatic N) is 1. The van der Waals surface area contributed by atoms with Crippen LogP contribution < -0.4 is 9.47 Å². The maximum Gasteiger partial charge on any atom is 0.422 e. The molecule has 0 aliphatic rings. The second-order valence-corrected chi connectivity index (χ2v) is 6.86. The third-order valence-corrected chi connectivity index (χ3v) is 3.52. The van der Waals surface area contributed by atoms with Gasteiger partial charge in [0.1, 0.15) is 5.60 Å². The molecule has 0 heterocycles. The van der Waals surface area contributed by atoms with Gasteiger partial charge in [-0.1, -0.05) is 30.3 Å². The fraction of sp³-hybridized carbons (Fsp3) is 0.318. The van der Waals surface area contributed by atoms with E-state index in [2.05, 4.69) is 12.0 Å². The van der Waals surface area contributed by atoms with Crippen LogP contribution in [0.5, 0.6) is 11.5 Å². The van der Waals surface area contributed by atoms with Crippen LogP contribution in [0.4, 0.5) is 4.79 Å². The zero-order valence-electron chi connectivity index (χ0n) is 16.4. The molecule has 0 saturated heterocycles. The molecule has 0 aliphatic heterocycles. The van der Waals surface area contributed by atoms with Crippen LogP contribution in [0.1, 0.15) is 31.9 Å². The van der Waals surface area contributed by atoms with Crippen molar-refractivity contribution in [3.05, 3.63) is 59.7 Å². The number of amides is 1. The number of benzene rings is 2. The van der Waals surface area contributed by atoms with Crippen LogP contribution >= 0.6 is 0 Å². The van der Waals surface area contributed by atoms with E-state index < -0.39 is 11.7 Å². The standard InChI is InChI=1S/C22H25NO4/c1-22(2,3)27-21(24)23(16-18-9-7-6-8-10-18)14-13-17-11-12-19(25-4)20(15-17)26-5/h6-12,15H,16H2,1-5H3. The average molecular weight is 367 g/mol. The van der Waals surface area contributed by atoms with Gasteiger partial charge < -0.3 is 14.2 Å². The minimum absolute atomic E-state index is 0.329. The van der Waals surface area contributed by atoms with Gasteiger partial charge in [-0.25, -0.2) is 9.69 Å². The molecule has 0 aromatic heterocycles. The van der Waals surface area contributed by atoms with Gasteiger partial charge in [0.25, 0.3) is 0 Å². The zero-order valence-corrected chi connectivity index (χ0v) is 16.4. The van der Waals surface area contributed by atoms with Crippen LogP contribution in [0.2, 0.25) is 0 Å². The van der Waals surface area contributed by atoms with Crippen molar-refractivity contribution in [2.75, 3.05) is 14.2 Å². The van der Waals surface area contributed by atoms with Gasteiger partial charge in [0.15, 0.2) is 11.5 Å². The van der Waals surface area contributed by atoms with Crippen molar-refractivity contribution in [2.45, 2.75) is 32.9 Å². The molecular formula is C22H25NO4. The Hall–Kier alpha value is -3.13.